The SMILES string of the molecule is O=C(O)c1ccncc1Oc1ncccc1[N+](=O)[O-]. The minimum atomic E-state index is -1.23. The van der Waals surface area contributed by atoms with E-state index >= 15 is 0 Å². The average molecular weight is 261 g/mol. The molecule has 8 heteroatoms. The maximum absolute atomic E-state index is 11.0. The monoisotopic (exact) mass is 261 g/mol. The third-order valence-corrected chi connectivity index (χ3v) is 2.17. The summed E-state index contributed by atoms with van der Waals surface area (Å²) in [6.07, 6.45) is 3.74. The predicted octanol–water partition coefficient (Wildman–Crippen LogP) is 1.88. The molecule has 96 valence electrons. The first-order chi connectivity index (χ1) is 9.09. The highest BCUT2D eigenvalue weighted by atomic mass is 16.6. The van der Waals surface area contributed by atoms with Crippen LogP contribution in [-0.4, -0.2) is 26.0 Å². The van der Waals surface area contributed by atoms with Crippen molar-refractivity contribution in [2.24, 2.45) is 0 Å². The number of rotatable bonds is 4. The fraction of sp³-hybridized carbons (Fsp3) is 0. The normalized spacial score (nSPS) is 9.89. The van der Waals surface area contributed by atoms with Crippen molar-refractivity contribution < 1.29 is 19.6 Å². The Labute approximate surface area is 106 Å². The molecule has 8 nitrogen and oxygen atoms in total. The first-order valence-corrected chi connectivity index (χ1v) is 5.04. The van der Waals surface area contributed by atoms with Gasteiger partial charge in [0.2, 0.25) is 0 Å². The van der Waals surface area contributed by atoms with Crippen molar-refractivity contribution in [3.8, 4) is 11.6 Å². The van der Waals surface area contributed by atoms with E-state index in [1.807, 2.05) is 0 Å². The minimum absolute atomic E-state index is 0.114. The number of carboxylic acid groups (broad SMARTS) is 1. The van der Waals surface area contributed by atoms with Crippen LogP contribution < -0.4 is 4.74 Å². The largest absolute Gasteiger partial charge is 0.478 e. The Hall–Kier alpha value is -3.03. The molecule has 2 aromatic rings. The molecule has 0 amide bonds. The van der Waals surface area contributed by atoms with Crippen molar-refractivity contribution in [2.45, 2.75) is 0 Å². The van der Waals surface area contributed by atoms with E-state index in [1.165, 1.54) is 30.6 Å². The van der Waals surface area contributed by atoms with E-state index in [0.717, 1.165) is 6.20 Å². The molecule has 0 radical (unpaired) electrons. The molecule has 0 saturated carbocycles. The van der Waals surface area contributed by atoms with E-state index < -0.39 is 10.9 Å². The second-order valence-electron chi connectivity index (χ2n) is 3.36. The molecule has 19 heavy (non-hydrogen) atoms. The summed E-state index contributed by atoms with van der Waals surface area (Å²) in [5.41, 5.74) is -0.516. The lowest BCUT2D eigenvalue weighted by Gasteiger charge is -2.06. The molecule has 0 aliphatic carbocycles. The Bertz CT molecular complexity index is 588. The molecule has 0 saturated heterocycles. The van der Waals surface area contributed by atoms with Gasteiger partial charge in [0.05, 0.1) is 11.1 Å². The van der Waals surface area contributed by atoms with Crippen LogP contribution in [-0.2, 0) is 0 Å². The quantitative estimate of drug-likeness (QED) is 0.659. The molecule has 0 aromatic carbocycles. The number of nitro groups is 1. The highest BCUT2D eigenvalue weighted by Crippen LogP contribution is 2.29. The highest BCUT2D eigenvalue weighted by molar-refractivity contribution is 5.90. The topological polar surface area (TPSA) is 115 Å². The zero-order valence-corrected chi connectivity index (χ0v) is 9.39. The number of hydrogen-bond donors (Lipinski definition) is 1. The third-order valence-electron chi connectivity index (χ3n) is 2.17. The molecule has 0 unspecified atom stereocenters. The summed E-state index contributed by atoms with van der Waals surface area (Å²) in [7, 11) is 0. The molecule has 0 bridgehead atoms. The zero-order valence-electron chi connectivity index (χ0n) is 9.39. The van der Waals surface area contributed by atoms with Gasteiger partial charge in [0.1, 0.15) is 5.56 Å². The van der Waals surface area contributed by atoms with Crippen LogP contribution in [0.1, 0.15) is 10.4 Å². The summed E-state index contributed by atoms with van der Waals surface area (Å²) in [5, 5.41) is 19.7. The van der Waals surface area contributed by atoms with E-state index in [-0.39, 0.29) is 22.9 Å². The molecule has 2 aromatic heterocycles. The first kappa shape index (κ1) is 12.4. The van der Waals surface area contributed by atoms with E-state index in [0.29, 0.717) is 0 Å². The smallest absolute Gasteiger partial charge is 0.339 e. The summed E-state index contributed by atoms with van der Waals surface area (Å²) in [4.78, 5) is 28.5. The molecule has 0 aliphatic heterocycles. The molecule has 2 heterocycles. The number of aromatic carboxylic acids is 1. The standard InChI is InChI=1S/C11H7N3O5/c15-11(16)7-3-5-12-6-9(7)19-10-8(14(17)18)2-1-4-13-10/h1-6H,(H,15,16). The van der Waals surface area contributed by atoms with Crippen LogP contribution in [0.5, 0.6) is 11.6 Å². The van der Waals surface area contributed by atoms with Gasteiger partial charge in [-0.05, 0) is 12.1 Å². The Morgan fingerprint density at radius 2 is 2.16 bits per heavy atom. The van der Waals surface area contributed by atoms with Crippen molar-refractivity contribution in [1.82, 2.24) is 9.97 Å². The second kappa shape index (κ2) is 5.08. The number of ether oxygens (including phenoxy) is 1. The predicted molar refractivity (Wildman–Crippen MR) is 62.2 cm³/mol. The lowest BCUT2D eigenvalue weighted by molar-refractivity contribution is -0.386. The minimum Gasteiger partial charge on any atom is -0.478 e. The van der Waals surface area contributed by atoms with E-state index in [2.05, 4.69) is 9.97 Å². The van der Waals surface area contributed by atoms with Gasteiger partial charge in [0.25, 0.3) is 5.88 Å². The lowest BCUT2D eigenvalue weighted by Crippen LogP contribution is -2.02. The molecule has 0 aliphatic rings. The Kier molecular flexibility index (Phi) is 3.33. The van der Waals surface area contributed by atoms with Crippen molar-refractivity contribution in [1.29, 1.82) is 0 Å². The molecule has 2 rings (SSSR count). The van der Waals surface area contributed by atoms with Crippen LogP contribution in [0.15, 0.2) is 36.8 Å². The van der Waals surface area contributed by atoms with E-state index in [1.54, 1.807) is 0 Å². The summed E-state index contributed by atoms with van der Waals surface area (Å²) >= 11 is 0. The first-order valence-electron chi connectivity index (χ1n) is 5.04. The van der Waals surface area contributed by atoms with Gasteiger partial charge >= 0.3 is 11.7 Å². The number of carbonyl (C=O) groups is 1. The Morgan fingerprint density at radius 1 is 1.37 bits per heavy atom. The molecule has 0 spiro atoms. The van der Waals surface area contributed by atoms with Gasteiger partial charge in [0.15, 0.2) is 5.75 Å². The number of pyridine rings is 2. The average Bonchev–Trinajstić information content (AvgIpc) is 2.39. The second-order valence-corrected chi connectivity index (χ2v) is 3.36. The summed E-state index contributed by atoms with van der Waals surface area (Å²) in [6, 6.07) is 3.82. The van der Waals surface area contributed by atoms with Gasteiger partial charge in [-0.1, -0.05) is 0 Å². The van der Waals surface area contributed by atoms with Crippen LogP contribution in [0.2, 0.25) is 0 Å². The fourth-order valence-electron chi connectivity index (χ4n) is 1.34. The molecule has 1 N–H and O–H groups in total. The molecular formula is C11H7N3O5. The van der Waals surface area contributed by atoms with Crippen molar-refractivity contribution in [2.75, 3.05) is 0 Å². The summed E-state index contributed by atoms with van der Waals surface area (Å²) < 4.78 is 5.17. The van der Waals surface area contributed by atoms with E-state index in [9.17, 15) is 14.9 Å². The molecule has 0 fully saturated rings. The fourth-order valence-corrected chi connectivity index (χ4v) is 1.34. The van der Waals surface area contributed by atoms with Crippen LogP contribution in [0, 0.1) is 10.1 Å². The molecule has 0 atom stereocenters. The zero-order chi connectivity index (χ0) is 13.8. The molecular weight excluding hydrogens is 254 g/mol. The van der Waals surface area contributed by atoms with Gasteiger partial charge in [0, 0.05) is 18.5 Å². The number of nitrogens with zero attached hydrogens (tertiary/aromatic N) is 3. The van der Waals surface area contributed by atoms with Crippen LogP contribution in [0.4, 0.5) is 5.69 Å². The number of hydrogen-bond acceptors (Lipinski definition) is 6. The van der Waals surface area contributed by atoms with E-state index in [4.69, 9.17) is 9.84 Å². The summed E-state index contributed by atoms with van der Waals surface area (Å²) in [6.45, 7) is 0. The summed E-state index contributed by atoms with van der Waals surface area (Å²) in [5.74, 6) is -1.63. The van der Waals surface area contributed by atoms with Gasteiger partial charge < -0.3 is 9.84 Å². The van der Waals surface area contributed by atoms with Gasteiger partial charge in [-0.25, -0.2) is 9.78 Å². The van der Waals surface area contributed by atoms with Crippen molar-refractivity contribution in [3.63, 3.8) is 0 Å². The maximum Gasteiger partial charge on any atom is 0.339 e. The van der Waals surface area contributed by atoms with Crippen molar-refractivity contribution >= 4 is 11.7 Å². The number of aromatic nitrogens is 2. The Balaban J connectivity index is 2.42. The van der Waals surface area contributed by atoms with Crippen LogP contribution in [0.3, 0.4) is 0 Å². The third kappa shape index (κ3) is 2.63. The Morgan fingerprint density at radius 3 is 2.84 bits per heavy atom. The highest BCUT2D eigenvalue weighted by Gasteiger charge is 2.19. The van der Waals surface area contributed by atoms with Gasteiger partial charge in [-0.15, -0.1) is 0 Å². The van der Waals surface area contributed by atoms with Gasteiger partial charge in [-0.2, -0.15) is 0 Å². The number of carboxylic acids is 1. The lowest BCUT2D eigenvalue weighted by atomic mass is 10.2. The van der Waals surface area contributed by atoms with Gasteiger partial charge in [-0.3, -0.25) is 15.1 Å². The maximum atomic E-state index is 11.0. The van der Waals surface area contributed by atoms with Crippen LogP contribution >= 0.6 is 0 Å². The van der Waals surface area contributed by atoms with Crippen LogP contribution in [0.25, 0.3) is 0 Å². The van der Waals surface area contributed by atoms with Crippen molar-refractivity contribution in [3.05, 3.63) is 52.5 Å².